The number of Topliss-reactive ketones (excluding diaryl/α,β-unsaturated/α-hetero) is 2. The number of anilines is 1. The molecular formula is C27H29N3O5S. The smallest absolute Gasteiger partial charge is 0.286 e. The van der Waals surface area contributed by atoms with E-state index in [2.05, 4.69) is 23.6 Å². The van der Waals surface area contributed by atoms with Crippen molar-refractivity contribution in [1.29, 1.82) is 5.26 Å². The Morgan fingerprint density at radius 3 is 2.44 bits per heavy atom. The molecule has 1 atom stereocenters. The molecular weight excluding hydrogens is 478 g/mol. The molecule has 8 nitrogen and oxygen atoms in total. The molecule has 1 heterocycles. The minimum Gasteiger partial charge on any atom is -0.479 e. The number of carbonyl (C=O) groups excluding carboxylic acids is 2. The van der Waals surface area contributed by atoms with E-state index in [9.17, 15) is 18.0 Å². The number of ketones is 2. The fraction of sp³-hybridized carbons (Fsp3) is 0.407. The van der Waals surface area contributed by atoms with Crippen LogP contribution in [0.5, 0.6) is 5.75 Å². The zero-order chi connectivity index (χ0) is 25.9. The van der Waals surface area contributed by atoms with Gasteiger partial charge in [0.05, 0.1) is 11.1 Å². The molecule has 1 N–H and O–H groups in total. The Labute approximate surface area is 211 Å². The summed E-state index contributed by atoms with van der Waals surface area (Å²) in [6.45, 7) is 3.88. The van der Waals surface area contributed by atoms with E-state index in [4.69, 9.17) is 10.00 Å². The maximum atomic E-state index is 14.2. The first-order valence-electron chi connectivity index (χ1n) is 12.2. The van der Waals surface area contributed by atoms with Gasteiger partial charge in [-0.1, -0.05) is 63.8 Å². The number of hydrogen-bond acceptors (Lipinski definition) is 7. The number of ether oxygens (including phenoxy) is 1. The van der Waals surface area contributed by atoms with Crippen LogP contribution in [-0.2, 0) is 20.2 Å². The molecule has 0 spiro atoms. The first kappa shape index (κ1) is 25.6. The van der Waals surface area contributed by atoms with Crippen LogP contribution >= 0.6 is 0 Å². The fourth-order valence-corrected chi connectivity index (χ4v) is 6.30. The van der Waals surface area contributed by atoms with Gasteiger partial charge in [-0.2, -0.15) is 13.7 Å². The highest BCUT2D eigenvalue weighted by molar-refractivity contribution is 7.90. The average Bonchev–Trinajstić information content (AvgIpc) is 2.87. The number of nitrogens with one attached hydrogen (secondary N) is 1. The minimum atomic E-state index is -4.23. The van der Waals surface area contributed by atoms with E-state index >= 15 is 0 Å². The number of unbranched alkanes of at least 4 members (excludes halogenated alkanes) is 2. The standard InChI is InChI=1S/C27H29N3O5S/c1-3-5-13-27(14-6-4-2)20-10-8-7-9-19(20)24(31)23(25(27)32)26-29-21-12-11-18(35-16-15-28)17-22(21)36(33,34)30-26/h7-12,17,23H,3-6,13-14,16H2,1-2H3,(H,29,30). The Bertz CT molecular complexity index is 1370. The number of rotatable bonds is 9. The SMILES string of the molecule is CCCCC1(CCCC)C(=O)C(C2=NS(=O)(=O)c3cc(OCC#N)ccc3N2)C(=O)c2ccccc21. The van der Waals surface area contributed by atoms with Crippen molar-refractivity contribution < 1.29 is 22.7 Å². The second kappa shape index (κ2) is 10.2. The lowest BCUT2D eigenvalue weighted by Crippen LogP contribution is -2.52. The summed E-state index contributed by atoms with van der Waals surface area (Å²) in [7, 11) is -4.23. The van der Waals surface area contributed by atoms with Gasteiger partial charge in [-0.15, -0.1) is 4.40 Å². The van der Waals surface area contributed by atoms with Crippen molar-refractivity contribution >= 4 is 33.1 Å². The molecule has 9 heteroatoms. The lowest BCUT2D eigenvalue weighted by atomic mass is 9.60. The van der Waals surface area contributed by atoms with Crippen LogP contribution < -0.4 is 10.1 Å². The summed E-state index contributed by atoms with van der Waals surface area (Å²) >= 11 is 0. The molecule has 0 aromatic heterocycles. The van der Waals surface area contributed by atoms with E-state index in [0.717, 1.165) is 31.2 Å². The maximum Gasteiger partial charge on any atom is 0.286 e. The van der Waals surface area contributed by atoms with Crippen molar-refractivity contribution in [2.75, 3.05) is 11.9 Å². The zero-order valence-corrected chi connectivity index (χ0v) is 21.2. The quantitative estimate of drug-likeness (QED) is 0.483. The van der Waals surface area contributed by atoms with Gasteiger partial charge in [0.2, 0.25) is 0 Å². The van der Waals surface area contributed by atoms with Crippen molar-refractivity contribution in [2.45, 2.75) is 62.7 Å². The van der Waals surface area contributed by atoms with Crippen LogP contribution in [0.4, 0.5) is 5.69 Å². The summed E-state index contributed by atoms with van der Waals surface area (Å²) in [4.78, 5) is 27.8. The first-order chi connectivity index (χ1) is 17.3. The highest BCUT2D eigenvalue weighted by Gasteiger charge is 2.53. The lowest BCUT2D eigenvalue weighted by molar-refractivity contribution is -0.126. The van der Waals surface area contributed by atoms with Gasteiger partial charge in [0.1, 0.15) is 28.5 Å². The summed E-state index contributed by atoms with van der Waals surface area (Å²) in [5, 5.41) is 11.7. The van der Waals surface area contributed by atoms with E-state index in [1.54, 1.807) is 12.1 Å². The fourth-order valence-electron chi connectivity index (χ4n) is 5.13. The van der Waals surface area contributed by atoms with E-state index in [-0.39, 0.29) is 34.6 Å². The number of benzene rings is 2. The maximum absolute atomic E-state index is 14.2. The molecule has 2 aliphatic rings. The number of sulfonamides is 1. The van der Waals surface area contributed by atoms with E-state index in [1.807, 2.05) is 18.2 Å². The third-order valence-corrected chi connectivity index (χ3v) is 8.24. The Kier molecular flexibility index (Phi) is 7.27. The predicted molar refractivity (Wildman–Crippen MR) is 136 cm³/mol. The molecule has 0 bridgehead atoms. The highest BCUT2D eigenvalue weighted by atomic mass is 32.2. The lowest BCUT2D eigenvalue weighted by Gasteiger charge is -2.41. The number of nitrogens with zero attached hydrogens (tertiary/aromatic N) is 2. The molecule has 0 saturated carbocycles. The zero-order valence-electron chi connectivity index (χ0n) is 20.4. The van der Waals surface area contributed by atoms with Crippen LogP contribution in [0.3, 0.4) is 0 Å². The molecule has 2 aromatic carbocycles. The van der Waals surface area contributed by atoms with Crippen molar-refractivity contribution in [1.82, 2.24) is 0 Å². The van der Waals surface area contributed by atoms with Gasteiger partial charge in [-0.3, -0.25) is 9.59 Å². The van der Waals surface area contributed by atoms with Crippen molar-refractivity contribution in [3.8, 4) is 11.8 Å². The summed E-state index contributed by atoms with van der Waals surface area (Å²) < 4.78 is 35.4. The molecule has 2 aromatic rings. The van der Waals surface area contributed by atoms with Crippen LogP contribution in [0, 0.1) is 17.2 Å². The van der Waals surface area contributed by atoms with Crippen molar-refractivity contribution in [3.05, 3.63) is 53.6 Å². The largest absolute Gasteiger partial charge is 0.479 e. The van der Waals surface area contributed by atoms with Gasteiger partial charge in [0, 0.05) is 11.6 Å². The van der Waals surface area contributed by atoms with Gasteiger partial charge < -0.3 is 10.1 Å². The molecule has 4 rings (SSSR count). The molecule has 1 unspecified atom stereocenters. The molecule has 0 saturated heterocycles. The minimum absolute atomic E-state index is 0.138. The van der Waals surface area contributed by atoms with Gasteiger partial charge in [-0.05, 0) is 30.5 Å². The normalized spacial score (nSPS) is 19.4. The van der Waals surface area contributed by atoms with Crippen LogP contribution in [-0.4, -0.2) is 32.4 Å². The summed E-state index contributed by atoms with van der Waals surface area (Å²) in [5.41, 5.74) is 0.501. The summed E-state index contributed by atoms with van der Waals surface area (Å²) in [6.07, 6.45) is 4.55. The molecule has 36 heavy (non-hydrogen) atoms. The molecule has 0 fully saturated rings. The number of fused-ring (bicyclic) bond motifs is 2. The van der Waals surface area contributed by atoms with Crippen LogP contribution in [0.25, 0.3) is 0 Å². The Hall–Kier alpha value is -3.51. The van der Waals surface area contributed by atoms with Crippen molar-refractivity contribution in [2.24, 2.45) is 10.3 Å². The van der Waals surface area contributed by atoms with Gasteiger partial charge in [0.25, 0.3) is 10.0 Å². The molecule has 0 radical (unpaired) electrons. The van der Waals surface area contributed by atoms with E-state index in [0.29, 0.717) is 18.4 Å². The van der Waals surface area contributed by atoms with E-state index < -0.39 is 27.1 Å². The van der Waals surface area contributed by atoms with Gasteiger partial charge in [-0.25, -0.2) is 0 Å². The van der Waals surface area contributed by atoms with Gasteiger partial charge >= 0.3 is 0 Å². The first-order valence-corrected chi connectivity index (χ1v) is 13.7. The second-order valence-electron chi connectivity index (χ2n) is 9.18. The van der Waals surface area contributed by atoms with Gasteiger partial charge in [0.15, 0.2) is 18.2 Å². The van der Waals surface area contributed by atoms with Crippen molar-refractivity contribution in [3.63, 3.8) is 0 Å². The Morgan fingerprint density at radius 1 is 1.08 bits per heavy atom. The number of amidine groups is 1. The molecule has 0 amide bonds. The number of hydrogen-bond donors (Lipinski definition) is 1. The monoisotopic (exact) mass is 507 g/mol. The van der Waals surface area contributed by atoms with Crippen LogP contribution in [0.2, 0.25) is 0 Å². The highest BCUT2D eigenvalue weighted by Crippen LogP contribution is 2.45. The molecule has 1 aliphatic heterocycles. The summed E-state index contributed by atoms with van der Waals surface area (Å²) in [6, 6.07) is 13.3. The average molecular weight is 508 g/mol. The molecule has 188 valence electrons. The number of nitriles is 1. The Balaban J connectivity index is 1.82. The number of carbonyl (C=O) groups is 2. The third-order valence-electron chi connectivity index (χ3n) is 6.91. The second-order valence-corrected chi connectivity index (χ2v) is 10.8. The molecule has 1 aliphatic carbocycles. The van der Waals surface area contributed by atoms with Crippen LogP contribution in [0.15, 0.2) is 51.8 Å². The summed E-state index contributed by atoms with van der Waals surface area (Å²) in [5.74, 6) is -2.05. The Morgan fingerprint density at radius 2 is 1.78 bits per heavy atom. The topological polar surface area (TPSA) is 126 Å². The third kappa shape index (κ3) is 4.42. The van der Waals surface area contributed by atoms with Crippen LogP contribution in [0.1, 0.15) is 68.3 Å². The van der Waals surface area contributed by atoms with E-state index in [1.165, 1.54) is 18.2 Å². The predicted octanol–water partition coefficient (Wildman–Crippen LogP) is 4.80.